The number of hydrogen-bond donors (Lipinski definition) is 1. The Kier molecular flexibility index (Phi) is 5.77. The first-order valence-corrected chi connectivity index (χ1v) is 11.0. The van der Waals surface area contributed by atoms with Crippen LogP contribution < -0.4 is 10.9 Å². The van der Waals surface area contributed by atoms with Crippen LogP contribution in [0, 0.1) is 20.8 Å². The van der Waals surface area contributed by atoms with Gasteiger partial charge in [0.2, 0.25) is 5.91 Å². The lowest BCUT2D eigenvalue weighted by molar-refractivity contribution is -0.119. The van der Waals surface area contributed by atoms with Gasteiger partial charge >= 0.3 is 0 Å². The largest absolute Gasteiger partial charge is 0.324 e. The van der Waals surface area contributed by atoms with Gasteiger partial charge in [-0.3, -0.25) is 9.59 Å². The van der Waals surface area contributed by atoms with E-state index in [1.54, 1.807) is 6.92 Å². The van der Waals surface area contributed by atoms with Crippen molar-refractivity contribution in [2.75, 3.05) is 5.32 Å². The number of aryl methyl sites for hydroxylation is 3. The Morgan fingerprint density at radius 1 is 0.968 bits per heavy atom. The molecule has 31 heavy (non-hydrogen) atoms. The smallest absolute Gasteiger partial charge is 0.271 e. The van der Waals surface area contributed by atoms with Crippen LogP contribution in [0.2, 0.25) is 0 Å². The maximum absolute atomic E-state index is 13.3. The summed E-state index contributed by atoms with van der Waals surface area (Å²) in [6.07, 6.45) is 3.63. The number of para-hydroxylation sites is 1. The van der Waals surface area contributed by atoms with Crippen LogP contribution in [0.3, 0.4) is 0 Å². The fraction of sp³-hybridized carbons (Fsp3) is 0.346. The van der Waals surface area contributed by atoms with Gasteiger partial charge in [-0.15, -0.1) is 0 Å². The van der Waals surface area contributed by atoms with E-state index in [2.05, 4.69) is 17.4 Å². The molecule has 3 aromatic rings. The van der Waals surface area contributed by atoms with Crippen LogP contribution in [0.4, 0.5) is 5.69 Å². The van der Waals surface area contributed by atoms with Crippen molar-refractivity contribution in [3.05, 3.63) is 80.6 Å². The molecule has 0 saturated heterocycles. The molecular formula is C26H29N3O2. The SMILES string of the molecule is Cc1ccc(-c2nn([C@@H](C)C(=O)Nc3c(C)cccc3C)c(=O)c3c2CCCC3)cc1. The van der Waals surface area contributed by atoms with E-state index in [1.807, 2.05) is 51.1 Å². The number of hydrogen-bond acceptors (Lipinski definition) is 3. The van der Waals surface area contributed by atoms with E-state index >= 15 is 0 Å². The zero-order valence-electron chi connectivity index (χ0n) is 18.7. The van der Waals surface area contributed by atoms with Crippen LogP contribution in [0.25, 0.3) is 11.3 Å². The lowest BCUT2D eigenvalue weighted by Gasteiger charge is -2.23. The number of amides is 1. The topological polar surface area (TPSA) is 64.0 Å². The lowest BCUT2D eigenvalue weighted by atomic mass is 9.89. The van der Waals surface area contributed by atoms with Crippen LogP contribution in [0.5, 0.6) is 0 Å². The molecule has 0 aliphatic heterocycles. The molecule has 1 aliphatic carbocycles. The molecule has 1 aliphatic rings. The molecule has 5 heteroatoms. The number of nitrogens with one attached hydrogen (secondary N) is 1. The van der Waals surface area contributed by atoms with Gasteiger partial charge in [0, 0.05) is 16.8 Å². The standard InChI is InChI=1S/C26H29N3O2/c1-16-12-14-20(15-13-16)24-21-10-5-6-11-22(21)26(31)29(28-24)19(4)25(30)27-23-17(2)8-7-9-18(23)3/h7-9,12-15,19H,5-6,10-11H2,1-4H3,(H,27,30)/t19-/m0/s1. The van der Waals surface area contributed by atoms with E-state index in [1.165, 1.54) is 10.2 Å². The van der Waals surface area contributed by atoms with Gasteiger partial charge in [0.05, 0.1) is 5.69 Å². The first-order chi connectivity index (χ1) is 14.9. The van der Waals surface area contributed by atoms with Gasteiger partial charge in [-0.25, -0.2) is 4.68 Å². The summed E-state index contributed by atoms with van der Waals surface area (Å²) in [5.74, 6) is -0.238. The van der Waals surface area contributed by atoms with E-state index in [0.717, 1.165) is 64.9 Å². The van der Waals surface area contributed by atoms with Crippen molar-refractivity contribution in [3.63, 3.8) is 0 Å². The number of fused-ring (bicyclic) bond motifs is 1. The highest BCUT2D eigenvalue weighted by atomic mass is 16.2. The monoisotopic (exact) mass is 415 g/mol. The summed E-state index contributed by atoms with van der Waals surface area (Å²) in [6, 6.07) is 13.4. The van der Waals surface area contributed by atoms with Crippen LogP contribution >= 0.6 is 0 Å². The second-order valence-electron chi connectivity index (χ2n) is 8.56. The van der Waals surface area contributed by atoms with Gasteiger partial charge in [0.25, 0.3) is 5.56 Å². The maximum atomic E-state index is 13.3. The molecule has 0 radical (unpaired) electrons. The summed E-state index contributed by atoms with van der Waals surface area (Å²) in [7, 11) is 0. The molecule has 0 spiro atoms. The van der Waals surface area contributed by atoms with Gasteiger partial charge in [-0.2, -0.15) is 5.10 Å². The number of carbonyl (C=O) groups excluding carboxylic acids is 1. The van der Waals surface area contributed by atoms with Crippen LogP contribution in [-0.4, -0.2) is 15.7 Å². The number of rotatable bonds is 4. The van der Waals surface area contributed by atoms with Gasteiger partial charge in [-0.1, -0.05) is 48.0 Å². The quantitative estimate of drug-likeness (QED) is 0.658. The Balaban J connectivity index is 1.77. The predicted octanol–water partition coefficient (Wildman–Crippen LogP) is 4.91. The molecule has 0 saturated carbocycles. The maximum Gasteiger partial charge on any atom is 0.271 e. The van der Waals surface area contributed by atoms with Crippen LogP contribution in [-0.2, 0) is 17.6 Å². The Hall–Kier alpha value is -3.21. The fourth-order valence-corrected chi connectivity index (χ4v) is 4.31. The molecule has 1 heterocycles. The third kappa shape index (κ3) is 4.05. The molecule has 1 amide bonds. The third-order valence-corrected chi connectivity index (χ3v) is 6.23. The highest BCUT2D eigenvalue weighted by Gasteiger charge is 2.26. The van der Waals surface area contributed by atoms with Crippen molar-refractivity contribution in [2.24, 2.45) is 0 Å². The van der Waals surface area contributed by atoms with Crippen molar-refractivity contribution >= 4 is 11.6 Å². The fourth-order valence-electron chi connectivity index (χ4n) is 4.31. The number of benzene rings is 2. The molecule has 2 aromatic carbocycles. The Labute approximate surface area is 183 Å². The van der Waals surface area contributed by atoms with Gasteiger partial charge < -0.3 is 5.32 Å². The van der Waals surface area contributed by atoms with Crippen molar-refractivity contribution in [2.45, 2.75) is 59.4 Å². The zero-order chi connectivity index (χ0) is 22.1. The summed E-state index contributed by atoms with van der Waals surface area (Å²) in [5, 5.41) is 7.75. The summed E-state index contributed by atoms with van der Waals surface area (Å²) in [4.78, 5) is 26.4. The predicted molar refractivity (Wildman–Crippen MR) is 125 cm³/mol. The molecule has 160 valence electrons. The minimum absolute atomic E-state index is 0.144. The Bertz CT molecular complexity index is 1170. The molecule has 0 bridgehead atoms. The molecule has 1 N–H and O–H groups in total. The Morgan fingerprint density at radius 2 is 1.58 bits per heavy atom. The third-order valence-electron chi connectivity index (χ3n) is 6.23. The van der Waals surface area contributed by atoms with E-state index in [4.69, 9.17) is 5.10 Å². The van der Waals surface area contributed by atoms with Gasteiger partial charge in [0.1, 0.15) is 6.04 Å². The Morgan fingerprint density at radius 3 is 2.23 bits per heavy atom. The number of anilines is 1. The highest BCUT2D eigenvalue weighted by molar-refractivity contribution is 5.94. The summed E-state index contributed by atoms with van der Waals surface area (Å²) < 4.78 is 1.38. The van der Waals surface area contributed by atoms with Crippen molar-refractivity contribution in [1.82, 2.24) is 9.78 Å². The van der Waals surface area contributed by atoms with Gasteiger partial charge in [0.15, 0.2) is 0 Å². The molecule has 1 atom stereocenters. The number of carbonyl (C=O) groups is 1. The van der Waals surface area contributed by atoms with E-state index in [0.29, 0.717) is 0 Å². The van der Waals surface area contributed by atoms with Crippen LogP contribution in [0.1, 0.15) is 53.6 Å². The minimum Gasteiger partial charge on any atom is -0.324 e. The van der Waals surface area contributed by atoms with Crippen molar-refractivity contribution in [1.29, 1.82) is 0 Å². The average molecular weight is 416 g/mol. The first-order valence-electron chi connectivity index (χ1n) is 11.0. The first kappa shape index (κ1) is 21.0. The van der Waals surface area contributed by atoms with Gasteiger partial charge in [-0.05, 0) is 70.1 Å². The van der Waals surface area contributed by atoms with Crippen molar-refractivity contribution in [3.8, 4) is 11.3 Å². The average Bonchev–Trinajstić information content (AvgIpc) is 2.77. The van der Waals surface area contributed by atoms with E-state index < -0.39 is 6.04 Å². The summed E-state index contributed by atoms with van der Waals surface area (Å²) >= 11 is 0. The lowest BCUT2D eigenvalue weighted by Crippen LogP contribution is -2.37. The molecule has 0 unspecified atom stereocenters. The minimum atomic E-state index is -0.720. The second kappa shape index (κ2) is 8.50. The summed E-state index contributed by atoms with van der Waals surface area (Å²) in [5.41, 5.74) is 7.47. The van der Waals surface area contributed by atoms with E-state index in [-0.39, 0.29) is 11.5 Å². The molecule has 0 fully saturated rings. The zero-order valence-corrected chi connectivity index (χ0v) is 18.7. The molecule has 5 nitrogen and oxygen atoms in total. The van der Waals surface area contributed by atoms with E-state index in [9.17, 15) is 9.59 Å². The highest BCUT2D eigenvalue weighted by Crippen LogP contribution is 2.29. The van der Waals surface area contributed by atoms with Crippen LogP contribution in [0.15, 0.2) is 47.3 Å². The second-order valence-corrected chi connectivity index (χ2v) is 8.56. The summed E-state index contributed by atoms with van der Waals surface area (Å²) in [6.45, 7) is 7.72. The number of aromatic nitrogens is 2. The van der Waals surface area contributed by atoms with Crippen molar-refractivity contribution < 1.29 is 4.79 Å². The normalized spacial score (nSPS) is 14.1. The number of nitrogens with zero attached hydrogens (tertiary/aromatic N) is 2. The molecular weight excluding hydrogens is 386 g/mol. The molecule has 4 rings (SSSR count). The molecule has 1 aromatic heterocycles.